The maximum absolute atomic E-state index is 13.2. The van der Waals surface area contributed by atoms with Crippen LogP contribution in [0.4, 0.5) is 0 Å². The van der Waals surface area contributed by atoms with Gasteiger partial charge in [0.2, 0.25) is 0 Å². The normalized spacial score (nSPS) is 19.7. The van der Waals surface area contributed by atoms with Gasteiger partial charge in [-0.1, -0.05) is 30.3 Å². The molecule has 0 bridgehead atoms. The molecule has 0 N–H and O–H groups in total. The molecule has 1 aliphatic rings. The number of aryl methyl sites for hydroxylation is 2. The smallest absolute Gasteiger partial charge is 0.264 e. The van der Waals surface area contributed by atoms with Crippen LogP contribution < -0.4 is 5.56 Å². The summed E-state index contributed by atoms with van der Waals surface area (Å²) >= 11 is 1.33. The predicted octanol–water partition coefficient (Wildman–Crippen LogP) is 4.10. The average molecular weight is 396 g/mol. The van der Waals surface area contributed by atoms with Crippen molar-refractivity contribution in [3.05, 3.63) is 63.0 Å². The predicted molar refractivity (Wildman–Crippen MR) is 113 cm³/mol. The van der Waals surface area contributed by atoms with Crippen molar-refractivity contribution in [2.75, 3.05) is 7.05 Å². The van der Waals surface area contributed by atoms with Crippen molar-refractivity contribution in [2.45, 2.75) is 44.6 Å². The van der Waals surface area contributed by atoms with E-state index in [1.54, 1.807) is 7.05 Å². The molecule has 1 saturated carbocycles. The minimum atomic E-state index is -0.0937. The molecule has 0 saturated heterocycles. The lowest BCUT2D eigenvalue weighted by molar-refractivity contribution is 0.0693. The topological polar surface area (TPSA) is 55.2 Å². The second-order valence-electron chi connectivity index (χ2n) is 7.73. The molecule has 0 radical (unpaired) electrons. The van der Waals surface area contributed by atoms with Gasteiger partial charge in [-0.25, -0.2) is 4.98 Å². The third-order valence-corrected chi connectivity index (χ3v) is 7.23. The fourth-order valence-corrected chi connectivity index (χ4v) is 5.38. The lowest BCUT2D eigenvalue weighted by Gasteiger charge is -2.34. The van der Waals surface area contributed by atoms with Crippen LogP contribution in [0.1, 0.15) is 52.4 Å². The summed E-state index contributed by atoms with van der Waals surface area (Å²) in [6.07, 6.45) is 5.72. The van der Waals surface area contributed by atoms with E-state index in [-0.39, 0.29) is 17.5 Å². The maximum Gasteiger partial charge on any atom is 0.264 e. The van der Waals surface area contributed by atoms with E-state index in [0.717, 1.165) is 31.2 Å². The van der Waals surface area contributed by atoms with Gasteiger partial charge in [0.1, 0.15) is 4.83 Å². The Morgan fingerprint density at radius 2 is 1.86 bits per heavy atom. The molecule has 1 aliphatic carbocycles. The third-order valence-electron chi connectivity index (χ3n) is 6.04. The SMILES string of the molecule is Cc1c(C(=O)N(C)C2CCC(c3ccccc3)CC2)sc2ncn(C)c(=O)c12. The Labute approximate surface area is 168 Å². The van der Waals surface area contributed by atoms with E-state index < -0.39 is 0 Å². The van der Waals surface area contributed by atoms with E-state index >= 15 is 0 Å². The second-order valence-corrected chi connectivity index (χ2v) is 8.73. The first-order chi connectivity index (χ1) is 13.5. The van der Waals surface area contributed by atoms with Crippen molar-refractivity contribution in [3.8, 4) is 0 Å². The molecular formula is C22H25N3O2S. The number of benzene rings is 1. The van der Waals surface area contributed by atoms with E-state index in [0.29, 0.717) is 21.0 Å². The van der Waals surface area contributed by atoms with Crippen molar-refractivity contribution in [2.24, 2.45) is 7.05 Å². The minimum absolute atomic E-state index is 0.00529. The molecule has 3 aromatic rings. The molecule has 0 aliphatic heterocycles. The van der Waals surface area contributed by atoms with Gasteiger partial charge in [-0.05, 0) is 49.7 Å². The highest BCUT2D eigenvalue weighted by atomic mass is 32.1. The van der Waals surface area contributed by atoms with Gasteiger partial charge in [-0.3, -0.25) is 9.59 Å². The Balaban J connectivity index is 1.52. The molecule has 0 unspecified atom stereocenters. The van der Waals surface area contributed by atoms with Gasteiger partial charge in [0.15, 0.2) is 0 Å². The van der Waals surface area contributed by atoms with Crippen LogP contribution in [0.15, 0.2) is 41.5 Å². The molecule has 4 rings (SSSR count). The first kappa shape index (κ1) is 18.9. The number of hydrogen-bond acceptors (Lipinski definition) is 4. The fourth-order valence-electron chi connectivity index (χ4n) is 4.26. The van der Waals surface area contributed by atoms with E-state index in [1.165, 1.54) is 27.8 Å². The number of rotatable bonds is 3. The monoisotopic (exact) mass is 395 g/mol. The van der Waals surface area contributed by atoms with Crippen LogP contribution in [0.2, 0.25) is 0 Å². The van der Waals surface area contributed by atoms with Gasteiger partial charge in [-0.15, -0.1) is 11.3 Å². The summed E-state index contributed by atoms with van der Waals surface area (Å²) in [7, 11) is 3.58. The number of thiophene rings is 1. The summed E-state index contributed by atoms with van der Waals surface area (Å²) in [6, 6.07) is 10.9. The zero-order chi connectivity index (χ0) is 19.8. The molecule has 1 fully saturated rings. The minimum Gasteiger partial charge on any atom is -0.338 e. The van der Waals surface area contributed by atoms with Gasteiger partial charge < -0.3 is 9.47 Å². The molecule has 2 heterocycles. The lowest BCUT2D eigenvalue weighted by atomic mass is 9.81. The number of carbonyl (C=O) groups is 1. The largest absolute Gasteiger partial charge is 0.338 e. The Morgan fingerprint density at radius 3 is 2.54 bits per heavy atom. The Hall–Kier alpha value is -2.47. The van der Waals surface area contributed by atoms with Gasteiger partial charge in [0.25, 0.3) is 11.5 Å². The van der Waals surface area contributed by atoms with Gasteiger partial charge in [0, 0.05) is 20.1 Å². The second kappa shape index (κ2) is 7.51. The summed E-state index contributed by atoms with van der Waals surface area (Å²) in [5.41, 5.74) is 2.06. The standard InChI is InChI=1S/C22H25N3O2S/c1-14-18-20(23-13-24(2)21(18)26)28-19(14)22(27)25(3)17-11-9-16(10-12-17)15-7-5-4-6-8-15/h4-8,13,16-17H,9-12H2,1-3H3. The Bertz CT molecular complexity index is 1060. The summed E-state index contributed by atoms with van der Waals surface area (Å²) in [5, 5.41) is 0.569. The molecule has 2 aromatic heterocycles. The number of amides is 1. The van der Waals surface area contributed by atoms with Crippen LogP contribution in [0.25, 0.3) is 10.2 Å². The van der Waals surface area contributed by atoms with Crippen LogP contribution in [0.3, 0.4) is 0 Å². The Morgan fingerprint density at radius 1 is 1.18 bits per heavy atom. The quantitative estimate of drug-likeness (QED) is 0.671. The average Bonchev–Trinajstić information content (AvgIpc) is 3.07. The molecule has 146 valence electrons. The molecule has 6 heteroatoms. The van der Waals surface area contributed by atoms with Gasteiger partial charge >= 0.3 is 0 Å². The van der Waals surface area contributed by atoms with Crippen LogP contribution in [0, 0.1) is 6.92 Å². The molecule has 1 aromatic carbocycles. The summed E-state index contributed by atoms with van der Waals surface area (Å²) in [5.74, 6) is 0.588. The summed E-state index contributed by atoms with van der Waals surface area (Å²) in [6.45, 7) is 1.86. The first-order valence-corrected chi connectivity index (χ1v) is 10.6. The van der Waals surface area contributed by atoms with E-state index in [9.17, 15) is 9.59 Å². The Kier molecular flexibility index (Phi) is 5.06. The number of hydrogen-bond donors (Lipinski definition) is 0. The van der Waals surface area contributed by atoms with Crippen molar-refractivity contribution < 1.29 is 4.79 Å². The van der Waals surface area contributed by atoms with Crippen molar-refractivity contribution >= 4 is 27.5 Å². The van der Waals surface area contributed by atoms with E-state index in [2.05, 4.69) is 35.3 Å². The highest BCUT2D eigenvalue weighted by molar-refractivity contribution is 7.20. The maximum atomic E-state index is 13.2. The molecular weight excluding hydrogens is 370 g/mol. The van der Waals surface area contributed by atoms with E-state index in [4.69, 9.17) is 0 Å². The zero-order valence-corrected chi connectivity index (χ0v) is 17.3. The summed E-state index contributed by atoms with van der Waals surface area (Å²) < 4.78 is 1.46. The summed E-state index contributed by atoms with van der Waals surface area (Å²) in [4.78, 5) is 33.1. The fraction of sp³-hybridized carbons (Fsp3) is 0.409. The number of nitrogens with zero attached hydrogens (tertiary/aromatic N) is 3. The molecule has 1 amide bonds. The number of fused-ring (bicyclic) bond motifs is 1. The van der Waals surface area contributed by atoms with Crippen LogP contribution in [-0.4, -0.2) is 33.4 Å². The molecule has 0 atom stereocenters. The van der Waals surface area contributed by atoms with Crippen LogP contribution in [-0.2, 0) is 7.05 Å². The number of carbonyl (C=O) groups excluding carboxylic acids is 1. The van der Waals surface area contributed by atoms with Crippen molar-refractivity contribution in [1.82, 2.24) is 14.5 Å². The molecule has 28 heavy (non-hydrogen) atoms. The molecule has 5 nitrogen and oxygen atoms in total. The van der Waals surface area contributed by atoms with Gasteiger partial charge in [0.05, 0.1) is 16.6 Å². The van der Waals surface area contributed by atoms with Gasteiger partial charge in [-0.2, -0.15) is 0 Å². The van der Waals surface area contributed by atoms with E-state index in [1.807, 2.05) is 18.9 Å². The zero-order valence-electron chi connectivity index (χ0n) is 16.5. The molecule has 0 spiro atoms. The van der Waals surface area contributed by atoms with Crippen LogP contribution >= 0.6 is 11.3 Å². The van der Waals surface area contributed by atoms with Crippen LogP contribution in [0.5, 0.6) is 0 Å². The first-order valence-electron chi connectivity index (χ1n) is 9.74. The van der Waals surface area contributed by atoms with Crippen molar-refractivity contribution in [1.29, 1.82) is 0 Å². The highest BCUT2D eigenvalue weighted by Gasteiger charge is 2.30. The third kappa shape index (κ3) is 3.26. The number of aromatic nitrogens is 2. The van der Waals surface area contributed by atoms with Crippen molar-refractivity contribution in [3.63, 3.8) is 0 Å². The lowest BCUT2D eigenvalue weighted by Crippen LogP contribution is -2.39. The highest BCUT2D eigenvalue weighted by Crippen LogP contribution is 2.35.